The van der Waals surface area contributed by atoms with Crippen molar-refractivity contribution in [3.8, 4) is 0 Å². The van der Waals surface area contributed by atoms with E-state index in [0.717, 1.165) is 6.42 Å². The van der Waals surface area contributed by atoms with Crippen LogP contribution in [0.5, 0.6) is 0 Å². The van der Waals surface area contributed by atoms with E-state index in [1.807, 2.05) is 18.2 Å². The molecule has 2 rings (SSSR count). The Bertz CT molecular complexity index is 899. The minimum Gasteiger partial charge on any atom is -0.461 e. The Morgan fingerprint density at radius 3 is 2.27 bits per heavy atom. The number of esters is 1. The Balaban J connectivity index is 2.37. The van der Waals surface area contributed by atoms with Crippen molar-refractivity contribution in [2.75, 3.05) is 13.2 Å². The van der Waals surface area contributed by atoms with Crippen molar-refractivity contribution in [2.45, 2.75) is 54.0 Å². The summed E-state index contributed by atoms with van der Waals surface area (Å²) in [7, 11) is 0. The molecule has 0 fully saturated rings. The first-order valence-electron chi connectivity index (χ1n) is 10.4. The highest BCUT2D eigenvalue weighted by atomic mass is 16.5. The fourth-order valence-electron chi connectivity index (χ4n) is 3.49. The first-order valence-corrected chi connectivity index (χ1v) is 10.4. The molecular formula is C24H32N2O4. The molecule has 30 heavy (non-hydrogen) atoms. The molecular weight excluding hydrogens is 380 g/mol. The number of carbonyl (C=O) groups is 3. The molecule has 0 aliphatic carbocycles. The summed E-state index contributed by atoms with van der Waals surface area (Å²) < 4.78 is 5.08. The molecule has 1 N–H and O–H groups in total. The van der Waals surface area contributed by atoms with Crippen LogP contribution in [0.3, 0.4) is 0 Å². The Morgan fingerprint density at radius 2 is 1.70 bits per heavy atom. The quantitative estimate of drug-likeness (QED) is 0.483. The van der Waals surface area contributed by atoms with Gasteiger partial charge in [0.25, 0.3) is 5.91 Å². The minimum absolute atomic E-state index is 0.173. The van der Waals surface area contributed by atoms with Crippen LogP contribution in [-0.2, 0) is 4.74 Å². The summed E-state index contributed by atoms with van der Waals surface area (Å²) in [5.74, 6) is -0.454. The fraction of sp³-hybridized carbons (Fsp3) is 0.458. The number of Topliss-reactive ketones (excluding diaryl/α,β-unsaturated/α-hetero) is 1. The minimum atomic E-state index is -0.667. The zero-order valence-corrected chi connectivity index (χ0v) is 18.7. The molecule has 2 aromatic rings. The van der Waals surface area contributed by atoms with E-state index in [1.165, 1.54) is 0 Å². The van der Waals surface area contributed by atoms with Crippen LogP contribution in [0.25, 0.3) is 0 Å². The molecule has 0 bridgehead atoms. The van der Waals surface area contributed by atoms with Crippen LogP contribution < -0.4 is 0 Å². The maximum absolute atomic E-state index is 13.4. The van der Waals surface area contributed by atoms with E-state index in [-0.39, 0.29) is 24.0 Å². The van der Waals surface area contributed by atoms with Crippen LogP contribution in [0.2, 0.25) is 0 Å². The Hall–Kier alpha value is -2.89. The monoisotopic (exact) mass is 412 g/mol. The maximum Gasteiger partial charge on any atom is 0.355 e. The molecule has 162 valence electrons. The van der Waals surface area contributed by atoms with Crippen molar-refractivity contribution in [1.29, 1.82) is 0 Å². The van der Waals surface area contributed by atoms with E-state index < -0.39 is 12.0 Å². The van der Waals surface area contributed by atoms with Crippen molar-refractivity contribution in [1.82, 2.24) is 9.88 Å². The highest BCUT2D eigenvalue weighted by Gasteiger charge is 2.31. The van der Waals surface area contributed by atoms with Gasteiger partial charge in [0.2, 0.25) is 0 Å². The molecule has 1 aromatic carbocycles. The number of ether oxygens (including phenoxy) is 1. The number of nitrogens with zero attached hydrogens (tertiary/aromatic N) is 1. The van der Waals surface area contributed by atoms with E-state index in [0.29, 0.717) is 34.8 Å². The summed E-state index contributed by atoms with van der Waals surface area (Å²) in [6, 6.07) is 8.33. The third kappa shape index (κ3) is 5.17. The van der Waals surface area contributed by atoms with Gasteiger partial charge in [0, 0.05) is 23.4 Å². The second-order valence-corrected chi connectivity index (χ2v) is 7.93. The number of aryl methyl sites for hydroxylation is 1. The molecule has 1 amide bonds. The van der Waals surface area contributed by atoms with Crippen molar-refractivity contribution in [3.63, 3.8) is 0 Å². The van der Waals surface area contributed by atoms with Gasteiger partial charge in [0.1, 0.15) is 5.69 Å². The molecule has 0 aliphatic heterocycles. The largest absolute Gasteiger partial charge is 0.461 e. The average molecular weight is 413 g/mol. The number of hydrogen-bond donors (Lipinski definition) is 1. The molecule has 1 aromatic heterocycles. The molecule has 6 nitrogen and oxygen atoms in total. The number of H-pyrrole nitrogens is 1. The second-order valence-electron chi connectivity index (χ2n) is 7.93. The molecule has 1 atom stereocenters. The lowest BCUT2D eigenvalue weighted by molar-refractivity contribution is 0.0518. The van der Waals surface area contributed by atoms with Crippen molar-refractivity contribution >= 4 is 17.7 Å². The van der Waals surface area contributed by atoms with Crippen LogP contribution in [0, 0.1) is 19.8 Å². The van der Waals surface area contributed by atoms with E-state index in [4.69, 9.17) is 4.74 Å². The van der Waals surface area contributed by atoms with Crippen LogP contribution in [0.1, 0.15) is 76.6 Å². The summed E-state index contributed by atoms with van der Waals surface area (Å²) >= 11 is 0. The molecule has 0 radical (unpaired) electrons. The molecule has 0 spiro atoms. The summed E-state index contributed by atoms with van der Waals surface area (Å²) in [5, 5.41) is 0. The zero-order valence-electron chi connectivity index (χ0n) is 18.7. The van der Waals surface area contributed by atoms with Crippen molar-refractivity contribution in [2.24, 2.45) is 5.92 Å². The molecule has 0 saturated heterocycles. The molecule has 0 saturated carbocycles. The maximum atomic E-state index is 13.4. The third-order valence-electron chi connectivity index (χ3n) is 5.24. The van der Waals surface area contributed by atoms with Gasteiger partial charge in [0.15, 0.2) is 5.78 Å². The van der Waals surface area contributed by atoms with Gasteiger partial charge >= 0.3 is 5.97 Å². The number of carbonyl (C=O) groups excluding carboxylic acids is 3. The van der Waals surface area contributed by atoms with Crippen LogP contribution in [-0.4, -0.2) is 46.7 Å². The highest BCUT2D eigenvalue weighted by molar-refractivity contribution is 6.07. The normalized spacial score (nSPS) is 12.0. The smallest absolute Gasteiger partial charge is 0.355 e. The van der Waals surface area contributed by atoms with E-state index in [2.05, 4.69) is 18.8 Å². The summed E-state index contributed by atoms with van der Waals surface area (Å²) in [6.07, 6.45) is 0.787. The average Bonchev–Trinajstić information content (AvgIpc) is 3.02. The van der Waals surface area contributed by atoms with Crippen LogP contribution in [0.4, 0.5) is 0 Å². The first-order chi connectivity index (χ1) is 14.2. The van der Waals surface area contributed by atoms with Crippen LogP contribution in [0.15, 0.2) is 30.3 Å². The topological polar surface area (TPSA) is 79.5 Å². The Labute approximate surface area is 178 Å². The lowest BCUT2D eigenvalue weighted by Gasteiger charge is -2.29. The fourth-order valence-corrected chi connectivity index (χ4v) is 3.49. The number of benzene rings is 1. The third-order valence-corrected chi connectivity index (χ3v) is 5.24. The van der Waals surface area contributed by atoms with E-state index in [9.17, 15) is 14.4 Å². The molecule has 1 unspecified atom stereocenters. The summed E-state index contributed by atoms with van der Waals surface area (Å²) in [4.78, 5) is 43.4. The van der Waals surface area contributed by atoms with Gasteiger partial charge in [-0.25, -0.2) is 4.79 Å². The van der Waals surface area contributed by atoms with Gasteiger partial charge in [-0.2, -0.15) is 0 Å². The second kappa shape index (κ2) is 10.2. The van der Waals surface area contributed by atoms with Gasteiger partial charge < -0.3 is 14.6 Å². The number of rotatable bonds is 9. The van der Waals surface area contributed by atoms with Gasteiger partial charge in [-0.05, 0) is 57.7 Å². The summed E-state index contributed by atoms with van der Waals surface area (Å²) in [5.41, 5.74) is 2.44. The van der Waals surface area contributed by atoms with E-state index >= 15 is 0 Å². The van der Waals surface area contributed by atoms with Crippen LogP contribution >= 0.6 is 0 Å². The van der Waals surface area contributed by atoms with E-state index in [1.54, 1.807) is 44.7 Å². The highest BCUT2D eigenvalue weighted by Crippen LogP contribution is 2.23. The number of hydrogen-bond acceptors (Lipinski definition) is 4. The number of amides is 1. The predicted octanol–water partition coefficient (Wildman–Crippen LogP) is 4.57. The van der Waals surface area contributed by atoms with Gasteiger partial charge in [-0.3, -0.25) is 9.59 Å². The van der Waals surface area contributed by atoms with Gasteiger partial charge in [-0.15, -0.1) is 0 Å². The molecule has 6 heteroatoms. The lowest BCUT2D eigenvalue weighted by Crippen LogP contribution is -2.44. The number of nitrogens with one attached hydrogen (secondary N) is 1. The number of aromatic amines is 1. The Morgan fingerprint density at radius 1 is 1.07 bits per heavy atom. The predicted molar refractivity (Wildman–Crippen MR) is 117 cm³/mol. The summed E-state index contributed by atoms with van der Waals surface area (Å²) in [6.45, 7) is 11.9. The lowest BCUT2D eigenvalue weighted by atomic mass is 9.98. The number of ketones is 1. The first kappa shape index (κ1) is 23.4. The van der Waals surface area contributed by atoms with Gasteiger partial charge in [0.05, 0.1) is 12.6 Å². The SMILES string of the molecule is CCOC(=O)c1[nH]c(C)c(C(=O)C(C)N(CCC(C)C)C(=O)c2ccccc2)c1C. The Kier molecular flexibility index (Phi) is 7.98. The zero-order chi connectivity index (χ0) is 22.4. The molecule has 1 heterocycles. The standard InChI is InChI=1S/C24H32N2O4/c1-7-30-24(29)21-16(4)20(17(5)25-21)22(27)18(6)26(14-13-15(2)3)23(28)19-11-9-8-10-12-19/h8-12,15,18,25H,7,13-14H2,1-6H3. The number of aromatic nitrogens is 1. The van der Waals surface area contributed by atoms with Crippen molar-refractivity contribution < 1.29 is 19.1 Å². The van der Waals surface area contributed by atoms with Crippen molar-refractivity contribution in [3.05, 3.63) is 58.4 Å². The van der Waals surface area contributed by atoms with Gasteiger partial charge in [-0.1, -0.05) is 32.0 Å². The molecule has 0 aliphatic rings.